The van der Waals surface area contributed by atoms with Crippen molar-refractivity contribution in [2.75, 3.05) is 13.2 Å². The minimum atomic E-state index is 0.179. The van der Waals surface area contributed by atoms with Crippen LogP contribution in [0.15, 0.2) is 24.3 Å². The fourth-order valence-corrected chi connectivity index (χ4v) is 3.07. The molecule has 0 radical (unpaired) electrons. The number of nitrogens with one attached hydrogen (secondary N) is 1. The molecule has 1 aromatic rings. The largest absolute Gasteiger partial charge is 0.370 e. The van der Waals surface area contributed by atoms with E-state index in [1.807, 2.05) is 12.1 Å². The molecular formula is C14H18ClNO. The zero-order valence-corrected chi connectivity index (χ0v) is 10.7. The van der Waals surface area contributed by atoms with Gasteiger partial charge >= 0.3 is 0 Å². The zero-order chi connectivity index (χ0) is 11.7. The van der Waals surface area contributed by atoms with Gasteiger partial charge in [-0.15, -0.1) is 0 Å². The van der Waals surface area contributed by atoms with Crippen LogP contribution in [0.5, 0.6) is 0 Å². The number of hydrogen-bond acceptors (Lipinski definition) is 2. The molecule has 92 valence electrons. The minimum Gasteiger partial charge on any atom is -0.370 e. The molecule has 2 fully saturated rings. The molecule has 1 aliphatic heterocycles. The molecule has 2 nitrogen and oxygen atoms in total. The maximum atomic E-state index is 6.04. The van der Waals surface area contributed by atoms with Crippen molar-refractivity contribution in [3.63, 3.8) is 0 Å². The van der Waals surface area contributed by atoms with Crippen molar-refractivity contribution in [1.82, 2.24) is 5.32 Å². The summed E-state index contributed by atoms with van der Waals surface area (Å²) in [7, 11) is 0. The standard InChI is InChI=1S/C14H18ClNO/c15-12-5-3-11(4-6-12)13-9-16-14(10-17-13)7-1-2-8-14/h3-6,13,16H,1-2,7-10H2. The Balaban J connectivity index is 1.66. The minimum absolute atomic E-state index is 0.179. The predicted octanol–water partition coefficient (Wildman–Crippen LogP) is 3.31. The summed E-state index contributed by atoms with van der Waals surface area (Å²) in [6, 6.07) is 7.98. The molecule has 0 amide bonds. The molecule has 17 heavy (non-hydrogen) atoms. The molecule has 3 heteroatoms. The van der Waals surface area contributed by atoms with Gasteiger partial charge in [0.15, 0.2) is 0 Å². The first-order chi connectivity index (χ1) is 8.27. The first-order valence-electron chi connectivity index (χ1n) is 6.40. The first kappa shape index (κ1) is 11.5. The quantitative estimate of drug-likeness (QED) is 0.827. The summed E-state index contributed by atoms with van der Waals surface area (Å²) >= 11 is 5.89. The van der Waals surface area contributed by atoms with Crippen molar-refractivity contribution >= 4 is 11.6 Å². The van der Waals surface area contributed by atoms with Crippen LogP contribution < -0.4 is 5.32 Å². The molecule has 1 saturated heterocycles. The molecule has 1 aliphatic carbocycles. The molecule has 0 bridgehead atoms. The fourth-order valence-electron chi connectivity index (χ4n) is 2.94. The van der Waals surface area contributed by atoms with Crippen molar-refractivity contribution in [1.29, 1.82) is 0 Å². The lowest BCUT2D eigenvalue weighted by Gasteiger charge is -2.38. The molecule has 1 unspecified atom stereocenters. The number of morpholine rings is 1. The number of ether oxygens (including phenoxy) is 1. The Morgan fingerprint density at radius 3 is 2.47 bits per heavy atom. The van der Waals surface area contributed by atoms with Gasteiger partial charge in [0.2, 0.25) is 0 Å². The van der Waals surface area contributed by atoms with Gasteiger partial charge < -0.3 is 10.1 Å². The molecule has 1 spiro atoms. The van der Waals surface area contributed by atoms with Gasteiger partial charge in [-0.25, -0.2) is 0 Å². The molecule has 2 aliphatic rings. The van der Waals surface area contributed by atoms with Gasteiger partial charge in [0, 0.05) is 17.1 Å². The molecule has 1 atom stereocenters. The zero-order valence-electron chi connectivity index (χ0n) is 9.92. The van der Waals surface area contributed by atoms with E-state index in [-0.39, 0.29) is 11.6 Å². The van der Waals surface area contributed by atoms with Gasteiger partial charge in [-0.3, -0.25) is 0 Å². The second-order valence-corrected chi connectivity index (χ2v) is 5.66. The summed E-state index contributed by atoms with van der Waals surface area (Å²) in [6.45, 7) is 1.77. The SMILES string of the molecule is Clc1ccc(C2CNC3(CCCC3)CO2)cc1. The van der Waals surface area contributed by atoms with E-state index in [0.29, 0.717) is 0 Å². The number of hydrogen-bond donors (Lipinski definition) is 1. The lowest BCUT2D eigenvalue weighted by molar-refractivity contribution is -0.0326. The highest BCUT2D eigenvalue weighted by Crippen LogP contribution is 2.35. The van der Waals surface area contributed by atoms with E-state index in [1.54, 1.807) is 0 Å². The maximum Gasteiger partial charge on any atom is 0.0950 e. The van der Waals surface area contributed by atoms with Crippen LogP contribution in [-0.2, 0) is 4.74 Å². The van der Waals surface area contributed by atoms with Crippen molar-refractivity contribution in [2.45, 2.75) is 37.3 Å². The van der Waals surface area contributed by atoms with E-state index in [0.717, 1.165) is 18.2 Å². The smallest absolute Gasteiger partial charge is 0.0950 e. The summed E-state index contributed by atoms with van der Waals surface area (Å²) in [6.07, 6.45) is 5.38. The van der Waals surface area contributed by atoms with Crippen LogP contribution in [0, 0.1) is 0 Å². The topological polar surface area (TPSA) is 21.3 Å². The van der Waals surface area contributed by atoms with Crippen LogP contribution in [0.4, 0.5) is 0 Å². The number of rotatable bonds is 1. The van der Waals surface area contributed by atoms with Crippen LogP contribution in [0.25, 0.3) is 0 Å². The molecule has 0 aromatic heterocycles. The van der Waals surface area contributed by atoms with Gasteiger partial charge in [0.25, 0.3) is 0 Å². The number of halogens is 1. The Morgan fingerprint density at radius 2 is 1.88 bits per heavy atom. The van der Waals surface area contributed by atoms with E-state index in [4.69, 9.17) is 16.3 Å². The average molecular weight is 252 g/mol. The maximum absolute atomic E-state index is 6.04. The van der Waals surface area contributed by atoms with Crippen molar-refractivity contribution in [2.24, 2.45) is 0 Å². The van der Waals surface area contributed by atoms with Crippen molar-refractivity contribution in [3.8, 4) is 0 Å². The van der Waals surface area contributed by atoms with Crippen LogP contribution in [0.1, 0.15) is 37.4 Å². The Hall–Kier alpha value is -0.570. The van der Waals surface area contributed by atoms with Gasteiger partial charge in [-0.2, -0.15) is 0 Å². The number of benzene rings is 1. The summed E-state index contributed by atoms with van der Waals surface area (Å²) < 4.78 is 6.04. The van der Waals surface area contributed by atoms with Gasteiger partial charge in [-0.05, 0) is 30.5 Å². The predicted molar refractivity (Wildman–Crippen MR) is 69.3 cm³/mol. The highest BCUT2D eigenvalue weighted by Gasteiger charge is 2.38. The fraction of sp³-hybridized carbons (Fsp3) is 0.571. The van der Waals surface area contributed by atoms with Crippen molar-refractivity contribution < 1.29 is 4.74 Å². The Morgan fingerprint density at radius 1 is 1.18 bits per heavy atom. The summed E-state index contributed by atoms with van der Waals surface area (Å²) in [5.41, 5.74) is 1.50. The lowest BCUT2D eigenvalue weighted by atomic mass is 9.95. The van der Waals surface area contributed by atoms with E-state index < -0.39 is 0 Å². The Kier molecular flexibility index (Phi) is 3.12. The monoisotopic (exact) mass is 251 g/mol. The van der Waals surface area contributed by atoms with Crippen LogP contribution >= 0.6 is 11.6 Å². The third-order valence-electron chi connectivity index (χ3n) is 4.03. The lowest BCUT2D eigenvalue weighted by Crippen LogP contribution is -2.53. The molecular weight excluding hydrogens is 234 g/mol. The van der Waals surface area contributed by atoms with E-state index >= 15 is 0 Å². The third-order valence-corrected chi connectivity index (χ3v) is 4.28. The van der Waals surface area contributed by atoms with Gasteiger partial charge in [-0.1, -0.05) is 36.6 Å². The summed E-state index contributed by atoms with van der Waals surface area (Å²) in [5.74, 6) is 0. The highest BCUT2D eigenvalue weighted by atomic mass is 35.5. The van der Waals surface area contributed by atoms with Crippen LogP contribution in [0.3, 0.4) is 0 Å². The van der Waals surface area contributed by atoms with E-state index in [2.05, 4.69) is 17.4 Å². The molecule has 1 N–H and O–H groups in total. The first-order valence-corrected chi connectivity index (χ1v) is 6.77. The third kappa shape index (κ3) is 2.35. The normalized spacial score (nSPS) is 27.5. The summed E-state index contributed by atoms with van der Waals surface area (Å²) in [5, 5.41) is 4.48. The molecule has 1 aromatic carbocycles. The molecule has 1 heterocycles. The Bertz CT molecular complexity index is 374. The van der Waals surface area contributed by atoms with E-state index in [9.17, 15) is 0 Å². The Labute approximate surface area is 107 Å². The van der Waals surface area contributed by atoms with Crippen LogP contribution in [0.2, 0.25) is 5.02 Å². The molecule has 1 saturated carbocycles. The highest BCUT2D eigenvalue weighted by molar-refractivity contribution is 6.30. The van der Waals surface area contributed by atoms with Crippen LogP contribution in [-0.4, -0.2) is 18.7 Å². The molecule has 3 rings (SSSR count). The summed E-state index contributed by atoms with van der Waals surface area (Å²) in [4.78, 5) is 0. The second-order valence-electron chi connectivity index (χ2n) is 5.22. The van der Waals surface area contributed by atoms with Gasteiger partial charge in [0.1, 0.15) is 0 Å². The second kappa shape index (κ2) is 4.60. The average Bonchev–Trinajstić information content (AvgIpc) is 2.80. The van der Waals surface area contributed by atoms with Gasteiger partial charge in [0.05, 0.1) is 12.7 Å². The van der Waals surface area contributed by atoms with E-state index in [1.165, 1.54) is 31.2 Å². The van der Waals surface area contributed by atoms with Crippen molar-refractivity contribution in [3.05, 3.63) is 34.9 Å².